The third-order valence-corrected chi connectivity index (χ3v) is 5.67. The smallest absolute Gasteiger partial charge is 0.117 e. The van der Waals surface area contributed by atoms with Crippen molar-refractivity contribution in [1.82, 2.24) is 9.55 Å². The van der Waals surface area contributed by atoms with Crippen LogP contribution in [0.5, 0.6) is 0 Å². The van der Waals surface area contributed by atoms with E-state index in [0.717, 1.165) is 37.8 Å². The van der Waals surface area contributed by atoms with Crippen molar-refractivity contribution in [3.63, 3.8) is 0 Å². The van der Waals surface area contributed by atoms with E-state index >= 15 is 0 Å². The predicted molar refractivity (Wildman–Crippen MR) is 109 cm³/mol. The van der Waals surface area contributed by atoms with Crippen LogP contribution < -0.4 is 5.73 Å². The van der Waals surface area contributed by atoms with Crippen molar-refractivity contribution < 1.29 is 4.39 Å². The topological polar surface area (TPSA) is 43.8 Å². The largest absolute Gasteiger partial charge is 0.336 e. The highest BCUT2D eigenvalue weighted by atomic mass is 35.5. The van der Waals surface area contributed by atoms with E-state index < -0.39 is 0 Å². The lowest BCUT2D eigenvalue weighted by Gasteiger charge is -2.08. The van der Waals surface area contributed by atoms with Crippen molar-refractivity contribution in [3.8, 4) is 0 Å². The van der Waals surface area contributed by atoms with Crippen LogP contribution in [0.25, 0.3) is 11.0 Å². The molecule has 3 nitrogen and oxygen atoms in total. The van der Waals surface area contributed by atoms with Gasteiger partial charge in [-0.1, -0.05) is 17.7 Å². The SMILES string of the molecule is CSc1ccc(Cc2c(C)n(C/C(F)=C/CN)c3cccnc23)cc1Cl. The highest BCUT2D eigenvalue weighted by Gasteiger charge is 2.16. The van der Waals surface area contributed by atoms with E-state index in [1.165, 1.54) is 6.08 Å². The normalized spacial score (nSPS) is 12.1. The molecule has 3 rings (SSSR count). The molecule has 2 N–H and O–H groups in total. The number of hydrogen-bond acceptors (Lipinski definition) is 3. The number of halogens is 2. The quantitative estimate of drug-likeness (QED) is 0.595. The van der Waals surface area contributed by atoms with E-state index in [1.54, 1.807) is 18.0 Å². The average molecular weight is 390 g/mol. The second-order valence-corrected chi connectivity index (χ2v) is 7.31. The van der Waals surface area contributed by atoms with Crippen LogP contribution in [0.4, 0.5) is 4.39 Å². The molecule has 3 aromatic rings. The highest BCUT2D eigenvalue weighted by molar-refractivity contribution is 7.98. The second kappa shape index (κ2) is 8.25. The molecule has 0 aliphatic carbocycles. The minimum absolute atomic E-state index is 0.164. The molecule has 0 unspecified atom stereocenters. The van der Waals surface area contributed by atoms with Gasteiger partial charge in [-0.15, -0.1) is 11.8 Å². The van der Waals surface area contributed by atoms with Crippen LogP contribution in [0.15, 0.2) is 53.3 Å². The third-order valence-electron chi connectivity index (χ3n) is 4.45. The van der Waals surface area contributed by atoms with Crippen LogP contribution in [-0.4, -0.2) is 22.4 Å². The lowest BCUT2D eigenvalue weighted by Crippen LogP contribution is -2.04. The first-order chi connectivity index (χ1) is 12.5. The number of hydrogen-bond donors (Lipinski definition) is 1. The summed E-state index contributed by atoms with van der Waals surface area (Å²) in [6, 6.07) is 9.95. The van der Waals surface area contributed by atoms with Gasteiger partial charge in [0.2, 0.25) is 0 Å². The minimum atomic E-state index is -0.240. The first-order valence-electron chi connectivity index (χ1n) is 8.34. The molecule has 0 aliphatic heterocycles. The number of rotatable bonds is 6. The summed E-state index contributed by atoms with van der Waals surface area (Å²) in [5, 5.41) is 0.751. The van der Waals surface area contributed by atoms with E-state index in [4.69, 9.17) is 17.3 Å². The molecule has 0 bridgehead atoms. The Balaban J connectivity index is 2.04. The van der Waals surface area contributed by atoms with Crippen LogP contribution in [0.1, 0.15) is 16.8 Å². The van der Waals surface area contributed by atoms with Gasteiger partial charge in [-0.25, -0.2) is 4.39 Å². The van der Waals surface area contributed by atoms with Gasteiger partial charge in [-0.05, 0) is 49.1 Å². The Morgan fingerprint density at radius 1 is 1.38 bits per heavy atom. The number of aromatic nitrogens is 2. The van der Waals surface area contributed by atoms with Crippen molar-refractivity contribution in [3.05, 3.63) is 70.3 Å². The molecule has 1 aromatic carbocycles. The Kier molecular flexibility index (Phi) is 6.01. The standard InChI is InChI=1S/C20H21ClFN3S/c1-13-16(10-14-5-6-19(26-2)17(21)11-14)20-18(4-3-9-24-20)25(13)12-15(22)7-8-23/h3-7,9,11H,8,10,12,23H2,1-2H3/b15-7-. The van der Waals surface area contributed by atoms with Crippen molar-refractivity contribution in [2.24, 2.45) is 5.73 Å². The molecule has 0 fully saturated rings. The summed E-state index contributed by atoms with van der Waals surface area (Å²) in [5.41, 5.74) is 10.5. The molecule has 26 heavy (non-hydrogen) atoms. The number of fused-ring (bicyclic) bond motifs is 1. The van der Waals surface area contributed by atoms with Crippen molar-refractivity contribution in [1.29, 1.82) is 0 Å². The number of thioether (sulfide) groups is 1. The molecular weight excluding hydrogens is 369 g/mol. The Labute approximate surface area is 162 Å². The van der Waals surface area contributed by atoms with Gasteiger partial charge in [0.05, 0.1) is 22.6 Å². The van der Waals surface area contributed by atoms with Gasteiger partial charge in [-0.3, -0.25) is 4.98 Å². The fourth-order valence-corrected chi connectivity index (χ4v) is 4.04. The van der Waals surface area contributed by atoms with Crippen LogP contribution in [0, 0.1) is 6.92 Å². The first kappa shape index (κ1) is 19.0. The zero-order chi connectivity index (χ0) is 18.7. The van der Waals surface area contributed by atoms with Gasteiger partial charge < -0.3 is 10.3 Å². The molecule has 0 atom stereocenters. The van der Waals surface area contributed by atoms with Gasteiger partial charge in [0, 0.05) is 35.3 Å². The van der Waals surface area contributed by atoms with Gasteiger partial charge in [0.25, 0.3) is 0 Å². The minimum Gasteiger partial charge on any atom is -0.336 e. The van der Waals surface area contributed by atoms with Crippen LogP contribution >= 0.6 is 23.4 Å². The number of nitrogens with zero attached hydrogens (tertiary/aromatic N) is 2. The van der Waals surface area contributed by atoms with Crippen molar-refractivity contribution in [2.45, 2.75) is 24.8 Å². The zero-order valence-electron chi connectivity index (χ0n) is 14.8. The van der Waals surface area contributed by atoms with Crippen LogP contribution in [0.3, 0.4) is 0 Å². The maximum absolute atomic E-state index is 14.1. The summed E-state index contributed by atoms with van der Waals surface area (Å²) in [4.78, 5) is 5.60. The molecule has 136 valence electrons. The van der Waals surface area contributed by atoms with Crippen molar-refractivity contribution in [2.75, 3.05) is 12.8 Å². The molecule has 6 heteroatoms. The summed E-state index contributed by atoms with van der Waals surface area (Å²) < 4.78 is 16.0. The summed E-state index contributed by atoms with van der Waals surface area (Å²) in [5.74, 6) is -0.240. The number of allylic oxidation sites excluding steroid dienone is 1. The summed E-state index contributed by atoms with van der Waals surface area (Å²) >= 11 is 7.98. The van der Waals surface area contributed by atoms with Crippen LogP contribution in [-0.2, 0) is 13.0 Å². The predicted octanol–water partition coefficient (Wildman–Crippen LogP) is 5.12. The van der Waals surface area contributed by atoms with E-state index in [-0.39, 0.29) is 18.9 Å². The summed E-state index contributed by atoms with van der Waals surface area (Å²) in [7, 11) is 0. The fourth-order valence-electron chi connectivity index (χ4n) is 3.14. The Hall–Kier alpha value is -1.82. The molecule has 0 saturated carbocycles. The monoisotopic (exact) mass is 389 g/mol. The van der Waals surface area contributed by atoms with E-state index in [0.29, 0.717) is 6.42 Å². The van der Waals surface area contributed by atoms with Gasteiger partial charge in [0.15, 0.2) is 0 Å². The maximum Gasteiger partial charge on any atom is 0.117 e. The third kappa shape index (κ3) is 3.80. The molecule has 0 radical (unpaired) electrons. The Bertz CT molecular complexity index is 965. The number of pyridine rings is 1. The zero-order valence-corrected chi connectivity index (χ0v) is 16.4. The highest BCUT2D eigenvalue weighted by Crippen LogP contribution is 2.30. The molecule has 2 heterocycles. The molecular formula is C20H21ClFN3S. The maximum atomic E-state index is 14.1. The Morgan fingerprint density at radius 3 is 2.88 bits per heavy atom. The van der Waals surface area contributed by atoms with Crippen molar-refractivity contribution >= 4 is 34.4 Å². The van der Waals surface area contributed by atoms with Gasteiger partial charge >= 0.3 is 0 Å². The first-order valence-corrected chi connectivity index (χ1v) is 9.95. The number of nitrogens with two attached hydrogens (primary N) is 1. The molecule has 0 amide bonds. The van der Waals surface area contributed by atoms with E-state index in [2.05, 4.69) is 11.1 Å². The molecule has 0 spiro atoms. The second-order valence-electron chi connectivity index (χ2n) is 6.05. The van der Waals surface area contributed by atoms with E-state index in [1.807, 2.05) is 42.0 Å². The van der Waals surface area contributed by atoms with Crippen LogP contribution in [0.2, 0.25) is 5.02 Å². The lowest BCUT2D eigenvalue weighted by molar-refractivity contribution is 0.554. The molecule has 2 aromatic heterocycles. The van der Waals surface area contributed by atoms with Gasteiger partial charge in [0.1, 0.15) is 5.83 Å². The summed E-state index contributed by atoms with van der Waals surface area (Å²) in [6.45, 7) is 2.36. The van der Waals surface area contributed by atoms with E-state index in [9.17, 15) is 4.39 Å². The summed E-state index contributed by atoms with van der Waals surface area (Å²) in [6.07, 6.45) is 5.88. The molecule has 0 saturated heterocycles. The Morgan fingerprint density at radius 2 is 2.19 bits per heavy atom. The van der Waals surface area contributed by atoms with Gasteiger partial charge in [-0.2, -0.15) is 0 Å². The average Bonchev–Trinajstić information content (AvgIpc) is 2.88. The lowest BCUT2D eigenvalue weighted by atomic mass is 10.0. The molecule has 0 aliphatic rings. The number of benzene rings is 1. The fraction of sp³-hybridized carbons (Fsp3) is 0.250.